The Hall–Kier alpha value is -3.03. The van der Waals surface area contributed by atoms with Crippen LogP contribution in [0.25, 0.3) is 23.0 Å². The molecule has 2 aromatic heterocycles. The second kappa shape index (κ2) is 6.85. The van der Waals surface area contributed by atoms with Gasteiger partial charge in [-0.05, 0) is 48.0 Å². The van der Waals surface area contributed by atoms with Crippen LogP contribution in [0.1, 0.15) is 17.4 Å². The molecule has 1 atom stereocenters. The molecule has 0 saturated heterocycles. The smallest absolute Gasteiger partial charge is 0.278 e. The fourth-order valence-corrected chi connectivity index (χ4v) is 3.28. The molecule has 2 aromatic carbocycles. The lowest BCUT2D eigenvalue weighted by Gasteiger charge is -2.24. The second-order valence-corrected chi connectivity index (χ2v) is 6.92. The molecule has 8 heteroatoms. The van der Waals surface area contributed by atoms with Crippen LogP contribution < -0.4 is 0 Å². The van der Waals surface area contributed by atoms with Crippen LogP contribution in [0.2, 0.25) is 5.02 Å². The minimum Gasteiger partial charge on any atom is -0.365 e. The van der Waals surface area contributed by atoms with E-state index in [-0.39, 0.29) is 11.9 Å². The fourth-order valence-electron chi connectivity index (χ4n) is 3.15. The van der Waals surface area contributed by atoms with Crippen LogP contribution in [-0.2, 0) is 17.9 Å². The number of halogens is 2. The Morgan fingerprint density at radius 1 is 1.07 bits per heavy atom. The van der Waals surface area contributed by atoms with E-state index in [2.05, 4.69) is 15.2 Å². The van der Waals surface area contributed by atoms with Crippen molar-refractivity contribution in [3.05, 3.63) is 76.7 Å². The van der Waals surface area contributed by atoms with Gasteiger partial charge in [0.25, 0.3) is 5.89 Å². The lowest BCUT2D eigenvalue weighted by molar-refractivity contribution is -0.00116. The maximum Gasteiger partial charge on any atom is 0.278 e. The minimum atomic E-state index is -0.269. The molecule has 28 heavy (non-hydrogen) atoms. The van der Waals surface area contributed by atoms with E-state index < -0.39 is 0 Å². The van der Waals surface area contributed by atoms with Gasteiger partial charge >= 0.3 is 0 Å². The molecule has 1 aliphatic rings. The molecule has 0 aliphatic carbocycles. The molecule has 0 amide bonds. The molecule has 140 valence electrons. The highest BCUT2D eigenvalue weighted by Crippen LogP contribution is 2.29. The van der Waals surface area contributed by atoms with Crippen molar-refractivity contribution in [3.63, 3.8) is 0 Å². The lowest BCUT2D eigenvalue weighted by atomic mass is 10.1. The summed E-state index contributed by atoms with van der Waals surface area (Å²) >= 11 is 5.91. The molecule has 0 radical (unpaired) electrons. The van der Waals surface area contributed by atoms with Gasteiger partial charge in [0, 0.05) is 10.6 Å². The Morgan fingerprint density at radius 3 is 2.64 bits per heavy atom. The maximum absolute atomic E-state index is 13.1. The highest BCUT2D eigenvalue weighted by Gasteiger charge is 2.24. The molecule has 3 heterocycles. The summed E-state index contributed by atoms with van der Waals surface area (Å²) in [6, 6.07) is 15.4. The maximum atomic E-state index is 13.1. The van der Waals surface area contributed by atoms with Crippen LogP contribution in [0.4, 0.5) is 4.39 Å². The first-order valence-corrected chi connectivity index (χ1v) is 9.07. The summed E-state index contributed by atoms with van der Waals surface area (Å²) in [7, 11) is 0. The first kappa shape index (κ1) is 17.1. The van der Waals surface area contributed by atoms with Crippen LogP contribution in [0, 0.1) is 5.82 Å². The Morgan fingerprint density at radius 2 is 1.86 bits per heavy atom. The van der Waals surface area contributed by atoms with E-state index in [0.717, 1.165) is 16.8 Å². The number of nitrogens with zero attached hydrogens (tertiary/aromatic N) is 4. The number of hydrogen-bond donors (Lipinski definition) is 0. The van der Waals surface area contributed by atoms with Crippen LogP contribution in [0.15, 0.2) is 59.1 Å². The quantitative estimate of drug-likeness (QED) is 0.503. The van der Waals surface area contributed by atoms with Gasteiger partial charge < -0.3 is 9.26 Å². The average Bonchev–Trinajstić information content (AvgIpc) is 3.35. The predicted molar refractivity (Wildman–Crippen MR) is 99.9 cm³/mol. The highest BCUT2D eigenvalue weighted by molar-refractivity contribution is 6.30. The largest absolute Gasteiger partial charge is 0.365 e. The fraction of sp³-hybridized carbons (Fsp3) is 0.150. The van der Waals surface area contributed by atoms with Crippen molar-refractivity contribution >= 4 is 11.6 Å². The van der Waals surface area contributed by atoms with E-state index in [4.69, 9.17) is 20.9 Å². The molecule has 4 aromatic rings. The topological polar surface area (TPSA) is 66.0 Å². The van der Waals surface area contributed by atoms with E-state index in [1.807, 2.05) is 22.9 Å². The molecule has 0 bridgehead atoms. The summed E-state index contributed by atoms with van der Waals surface area (Å²) in [5.41, 5.74) is 3.22. The second-order valence-electron chi connectivity index (χ2n) is 6.48. The van der Waals surface area contributed by atoms with Gasteiger partial charge in [-0.1, -0.05) is 28.9 Å². The van der Waals surface area contributed by atoms with Gasteiger partial charge in [-0.2, -0.15) is 10.1 Å². The number of fused-ring (bicyclic) bond motifs is 1. The molecular formula is C20H14ClFN4O2. The van der Waals surface area contributed by atoms with E-state index in [1.54, 1.807) is 24.3 Å². The van der Waals surface area contributed by atoms with Gasteiger partial charge in [-0.3, -0.25) is 4.68 Å². The Bertz CT molecular complexity index is 1120. The van der Waals surface area contributed by atoms with Crippen molar-refractivity contribution in [1.82, 2.24) is 19.9 Å². The number of ether oxygens (including phenoxy) is 1. The number of benzene rings is 2. The first-order chi connectivity index (χ1) is 13.7. The predicted octanol–water partition coefficient (Wildman–Crippen LogP) is 4.66. The molecule has 0 N–H and O–H groups in total. The summed E-state index contributed by atoms with van der Waals surface area (Å²) in [5.74, 6) is 0.540. The van der Waals surface area contributed by atoms with Crippen molar-refractivity contribution in [2.24, 2.45) is 0 Å². The molecule has 6 nitrogen and oxygen atoms in total. The molecule has 0 saturated carbocycles. The monoisotopic (exact) mass is 396 g/mol. The summed E-state index contributed by atoms with van der Waals surface area (Å²) in [6.07, 6.45) is -0.187. The van der Waals surface area contributed by atoms with Crippen LogP contribution in [-0.4, -0.2) is 19.9 Å². The van der Waals surface area contributed by atoms with Gasteiger partial charge in [-0.15, -0.1) is 0 Å². The van der Waals surface area contributed by atoms with Crippen molar-refractivity contribution in [2.75, 3.05) is 0 Å². The third-order valence-corrected chi connectivity index (χ3v) is 4.88. The molecular weight excluding hydrogens is 383 g/mol. The van der Waals surface area contributed by atoms with Crippen molar-refractivity contribution in [2.45, 2.75) is 19.3 Å². The van der Waals surface area contributed by atoms with E-state index in [0.29, 0.717) is 35.6 Å². The third kappa shape index (κ3) is 3.19. The van der Waals surface area contributed by atoms with Crippen LogP contribution >= 0.6 is 11.6 Å². The Balaban J connectivity index is 1.39. The van der Waals surface area contributed by atoms with E-state index >= 15 is 0 Å². The normalized spacial score (nSPS) is 16.1. The van der Waals surface area contributed by atoms with Gasteiger partial charge in [-0.25, -0.2) is 4.39 Å². The lowest BCUT2D eigenvalue weighted by Crippen LogP contribution is -2.21. The molecule has 0 spiro atoms. The number of rotatable bonds is 3. The summed E-state index contributed by atoms with van der Waals surface area (Å²) in [6.45, 7) is 0.923. The van der Waals surface area contributed by atoms with Crippen molar-refractivity contribution < 1.29 is 13.7 Å². The average molecular weight is 397 g/mol. The summed E-state index contributed by atoms with van der Waals surface area (Å²) in [5, 5.41) is 9.25. The SMILES string of the molecule is Fc1ccc([C@H]2Cn3nc(-c4nc(-c5ccc(Cl)cc5)no4)cc3CO2)cc1. The zero-order chi connectivity index (χ0) is 19.1. The van der Waals surface area contributed by atoms with Crippen molar-refractivity contribution in [3.8, 4) is 23.0 Å². The minimum absolute atomic E-state index is 0.187. The van der Waals surface area contributed by atoms with Gasteiger partial charge in [0.1, 0.15) is 11.9 Å². The highest BCUT2D eigenvalue weighted by atomic mass is 35.5. The standard InChI is InChI=1S/C20H14ClFN4O2/c21-14-5-1-13(2-6-14)19-23-20(28-25-19)17-9-16-11-27-18(10-26(16)24-17)12-3-7-15(22)8-4-12/h1-9,18H,10-11H2/t18-/m1/s1. The number of aromatic nitrogens is 4. The Kier molecular flexibility index (Phi) is 4.18. The van der Waals surface area contributed by atoms with E-state index in [1.165, 1.54) is 12.1 Å². The molecule has 1 aliphatic heterocycles. The number of hydrogen-bond acceptors (Lipinski definition) is 5. The van der Waals surface area contributed by atoms with Crippen LogP contribution in [0.5, 0.6) is 0 Å². The Labute approximate surface area is 164 Å². The van der Waals surface area contributed by atoms with Gasteiger partial charge in [0.15, 0.2) is 5.69 Å². The molecule has 0 unspecified atom stereocenters. The van der Waals surface area contributed by atoms with Gasteiger partial charge in [0.2, 0.25) is 5.82 Å². The van der Waals surface area contributed by atoms with Crippen molar-refractivity contribution in [1.29, 1.82) is 0 Å². The van der Waals surface area contributed by atoms with Crippen LogP contribution in [0.3, 0.4) is 0 Å². The van der Waals surface area contributed by atoms with Gasteiger partial charge in [0.05, 0.1) is 18.8 Å². The first-order valence-electron chi connectivity index (χ1n) is 8.69. The zero-order valence-corrected chi connectivity index (χ0v) is 15.3. The third-order valence-electron chi connectivity index (χ3n) is 4.62. The zero-order valence-electron chi connectivity index (χ0n) is 14.5. The summed E-state index contributed by atoms with van der Waals surface area (Å²) in [4.78, 5) is 4.43. The van der Waals surface area contributed by atoms with E-state index in [9.17, 15) is 4.39 Å². The molecule has 5 rings (SSSR count). The summed E-state index contributed by atoms with van der Waals surface area (Å²) < 4.78 is 26.3. The molecule has 0 fully saturated rings.